The second-order valence-corrected chi connectivity index (χ2v) is 14.2. The lowest BCUT2D eigenvalue weighted by Crippen LogP contribution is -2.21. The zero-order valence-corrected chi connectivity index (χ0v) is 27.2. The number of aliphatic imine (C=N–C) groups is 2. The molecule has 39 heavy (non-hydrogen) atoms. The minimum atomic E-state index is -0.120. The molecule has 1 atom stereocenters. The fraction of sp³-hybridized carbons (Fsp3) is 0.600. The third-order valence-electron chi connectivity index (χ3n) is 6.84. The average molecular weight is 535 g/mol. The molecular formula is C35H54N2O2. The van der Waals surface area contributed by atoms with Gasteiger partial charge in [-0.2, -0.15) is 0 Å². The number of ether oxygens (including phenoxy) is 2. The summed E-state index contributed by atoms with van der Waals surface area (Å²) in [5.74, 6) is 1.67. The Balaban J connectivity index is 2.62. The zero-order valence-electron chi connectivity index (χ0n) is 27.2. The smallest absolute Gasteiger partial charge is 0.230 e. The van der Waals surface area contributed by atoms with Gasteiger partial charge in [0.1, 0.15) is 11.5 Å². The van der Waals surface area contributed by atoms with Crippen LogP contribution in [0.4, 0.5) is 0 Å². The first-order valence-electron chi connectivity index (χ1n) is 14.5. The van der Waals surface area contributed by atoms with Crippen LogP contribution >= 0.6 is 0 Å². The SMILES string of the molecule is CCC(C)N=Cc1cc(C(C)(C)C)cc(C(C)(C)C)c1OCOc1c(C=NC(C)C)cc(C)cc1C(C)(C)C. The number of nitrogens with zero attached hydrogens (tertiary/aromatic N) is 2. The number of hydrogen-bond donors (Lipinski definition) is 0. The standard InChI is InChI=1S/C35H54N2O2/c1-15-25(5)37-21-27-18-28(33(6,7)8)19-30(35(12,13)14)32(27)39-22-38-31-26(20-36-23(2)3)16-24(4)17-29(31)34(9,10)11/h16-21,23,25H,15,22H2,1-14H3. The fourth-order valence-corrected chi connectivity index (χ4v) is 4.20. The van der Waals surface area contributed by atoms with Crippen LogP contribution in [0, 0.1) is 6.92 Å². The van der Waals surface area contributed by atoms with Gasteiger partial charge in [-0.25, -0.2) is 0 Å². The quantitative estimate of drug-likeness (QED) is 0.237. The number of aryl methyl sites for hydroxylation is 1. The molecule has 0 aliphatic heterocycles. The number of hydrogen-bond acceptors (Lipinski definition) is 4. The largest absolute Gasteiger partial charge is 0.456 e. The van der Waals surface area contributed by atoms with Gasteiger partial charge in [-0.15, -0.1) is 0 Å². The van der Waals surface area contributed by atoms with E-state index in [1.54, 1.807) is 0 Å². The number of benzene rings is 2. The molecule has 0 bridgehead atoms. The lowest BCUT2D eigenvalue weighted by molar-refractivity contribution is 0.115. The minimum Gasteiger partial charge on any atom is -0.456 e. The van der Waals surface area contributed by atoms with Crippen LogP contribution < -0.4 is 9.47 Å². The van der Waals surface area contributed by atoms with E-state index in [1.807, 2.05) is 12.4 Å². The lowest BCUT2D eigenvalue weighted by atomic mass is 9.79. The Labute approximate surface area is 239 Å². The minimum absolute atomic E-state index is 0.00213. The highest BCUT2D eigenvalue weighted by molar-refractivity contribution is 5.86. The monoisotopic (exact) mass is 534 g/mol. The van der Waals surface area contributed by atoms with Crippen LogP contribution in [-0.4, -0.2) is 31.3 Å². The van der Waals surface area contributed by atoms with Crippen LogP contribution in [0.15, 0.2) is 34.3 Å². The van der Waals surface area contributed by atoms with Gasteiger partial charge in [-0.1, -0.05) is 81.4 Å². The van der Waals surface area contributed by atoms with Gasteiger partial charge in [0.15, 0.2) is 0 Å². The maximum Gasteiger partial charge on any atom is 0.230 e. The van der Waals surface area contributed by atoms with Crippen LogP contribution in [0.3, 0.4) is 0 Å². The van der Waals surface area contributed by atoms with E-state index in [1.165, 1.54) is 11.1 Å². The van der Waals surface area contributed by atoms with Crippen LogP contribution in [-0.2, 0) is 16.2 Å². The lowest BCUT2D eigenvalue weighted by Gasteiger charge is -2.29. The second-order valence-electron chi connectivity index (χ2n) is 14.2. The summed E-state index contributed by atoms with van der Waals surface area (Å²) in [4.78, 5) is 9.50. The van der Waals surface area contributed by atoms with Crippen LogP contribution in [0.2, 0.25) is 0 Å². The molecule has 216 valence electrons. The molecule has 0 aliphatic carbocycles. The molecule has 2 rings (SSSR count). The molecule has 0 heterocycles. The van der Waals surface area contributed by atoms with E-state index in [0.717, 1.165) is 40.2 Å². The Kier molecular flexibility index (Phi) is 10.6. The van der Waals surface area contributed by atoms with E-state index in [4.69, 9.17) is 14.5 Å². The Bertz CT molecular complexity index is 1170. The van der Waals surface area contributed by atoms with E-state index in [0.29, 0.717) is 0 Å². The van der Waals surface area contributed by atoms with Crippen LogP contribution in [0.25, 0.3) is 0 Å². The summed E-state index contributed by atoms with van der Waals surface area (Å²) in [6.45, 7) is 30.8. The normalized spacial score (nSPS) is 14.0. The molecular weight excluding hydrogens is 480 g/mol. The first kappa shape index (κ1) is 32.6. The van der Waals surface area contributed by atoms with Gasteiger partial charge < -0.3 is 9.47 Å². The van der Waals surface area contributed by atoms with Gasteiger partial charge in [0.2, 0.25) is 6.79 Å². The molecule has 0 spiro atoms. The van der Waals surface area contributed by atoms with Crippen molar-refractivity contribution < 1.29 is 9.47 Å². The van der Waals surface area contributed by atoms with Crippen molar-refractivity contribution in [2.75, 3.05) is 6.79 Å². The van der Waals surface area contributed by atoms with Crippen molar-refractivity contribution in [3.63, 3.8) is 0 Å². The molecule has 0 aliphatic rings. The third kappa shape index (κ3) is 9.22. The highest BCUT2D eigenvalue weighted by Crippen LogP contribution is 2.39. The molecule has 1 unspecified atom stereocenters. The predicted molar refractivity (Wildman–Crippen MR) is 170 cm³/mol. The van der Waals surface area contributed by atoms with Crippen molar-refractivity contribution in [3.8, 4) is 11.5 Å². The topological polar surface area (TPSA) is 43.2 Å². The Morgan fingerprint density at radius 2 is 1.18 bits per heavy atom. The third-order valence-corrected chi connectivity index (χ3v) is 6.84. The van der Waals surface area contributed by atoms with Gasteiger partial charge >= 0.3 is 0 Å². The fourth-order valence-electron chi connectivity index (χ4n) is 4.20. The second kappa shape index (κ2) is 12.7. The number of rotatable bonds is 9. The molecule has 0 saturated heterocycles. The van der Waals surface area contributed by atoms with E-state index in [2.05, 4.69) is 126 Å². The van der Waals surface area contributed by atoms with Gasteiger partial charge in [-0.05, 0) is 73.6 Å². The summed E-state index contributed by atoms with van der Waals surface area (Å²) in [7, 11) is 0. The Morgan fingerprint density at radius 3 is 1.64 bits per heavy atom. The summed E-state index contributed by atoms with van der Waals surface area (Å²) in [6, 6.07) is 9.32. The van der Waals surface area contributed by atoms with Gasteiger partial charge in [-0.3, -0.25) is 9.98 Å². The van der Waals surface area contributed by atoms with E-state index in [9.17, 15) is 0 Å². The molecule has 0 saturated carbocycles. The Morgan fingerprint density at radius 1 is 0.692 bits per heavy atom. The van der Waals surface area contributed by atoms with Crippen molar-refractivity contribution in [1.29, 1.82) is 0 Å². The van der Waals surface area contributed by atoms with Gasteiger partial charge in [0.05, 0.1) is 0 Å². The molecule has 2 aromatic carbocycles. The summed E-state index contributed by atoms with van der Waals surface area (Å²) in [5.41, 5.74) is 6.53. The average Bonchev–Trinajstić information content (AvgIpc) is 2.79. The van der Waals surface area contributed by atoms with Crippen LogP contribution in [0.5, 0.6) is 11.5 Å². The first-order valence-corrected chi connectivity index (χ1v) is 14.5. The summed E-state index contributed by atoms with van der Waals surface area (Å²) in [6.07, 6.45) is 4.91. The van der Waals surface area contributed by atoms with E-state index in [-0.39, 0.29) is 35.1 Å². The summed E-state index contributed by atoms with van der Waals surface area (Å²) >= 11 is 0. The molecule has 0 radical (unpaired) electrons. The van der Waals surface area contributed by atoms with Crippen molar-refractivity contribution >= 4 is 12.4 Å². The first-order chi connectivity index (χ1) is 17.8. The highest BCUT2D eigenvalue weighted by atomic mass is 16.7. The molecule has 2 aromatic rings. The van der Waals surface area contributed by atoms with Gasteiger partial charge in [0.25, 0.3) is 0 Å². The molecule has 0 fully saturated rings. The van der Waals surface area contributed by atoms with Crippen LogP contribution in [0.1, 0.15) is 130 Å². The maximum atomic E-state index is 6.55. The Hall–Kier alpha value is -2.62. The predicted octanol–water partition coefficient (Wildman–Crippen LogP) is 9.35. The molecule has 0 aromatic heterocycles. The van der Waals surface area contributed by atoms with Gasteiger partial charge in [0, 0.05) is 46.8 Å². The molecule has 4 nitrogen and oxygen atoms in total. The molecule has 4 heteroatoms. The van der Waals surface area contributed by atoms with Crippen molar-refractivity contribution in [2.45, 2.75) is 132 Å². The van der Waals surface area contributed by atoms with Crippen molar-refractivity contribution in [2.24, 2.45) is 9.98 Å². The summed E-state index contributed by atoms with van der Waals surface area (Å²) in [5, 5.41) is 0. The molecule has 0 N–H and O–H groups in total. The van der Waals surface area contributed by atoms with E-state index >= 15 is 0 Å². The summed E-state index contributed by atoms with van der Waals surface area (Å²) < 4.78 is 13.0. The molecule has 0 amide bonds. The van der Waals surface area contributed by atoms with Crippen molar-refractivity contribution in [1.82, 2.24) is 0 Å². The highest BCUT2D eigenvalue weighted by Gasteiger charge is 2.27. The van der Waals surface area contributed by atoms with E-state index < -0.39 is 0 Å². The maximum absolute atomic E-state index is 6.55. The zero-order chi connectivity index (χ0) is 29.8. The van der Waals surface area contributed by atoms with Crippen molar-refractivity contribution in [3.05, 3.63) is 57.6 Å².